The van der Waals surface area contributed by atoms with Crippen LogP contribution in [0.2, 0.25) is 0 Å². The molecule has 27 heavy (non-hydrogen) atoms. The predicted octanol–water partition coefficient (Wildman–Crippen LogP) is 2.22. The minimum atomic E-state index is -0.101. The Balaban J connectivity index is 1.45. The third-order valence-electron chi connectivity index (χ3n) is 4.60. The molecule has 0 aliphatic carbocycles. The molecule has 2 aromatic heterocycles. The summed E-state index contributed by atoms with van der Waals surface area (Å²) in [5, 5.41) is 11.5. The maximum atomic E-state index is 12.4. The number of carbonyl (C=O) groups excluding carboxylic acids is 1. The Hall–Kier alpha value is -2.29. The molecule has 4 rings (SSSR count). The molecule has 140 valence electrons. The Morgan fingerprint density at radius 2 is 2.00 bits per heavy atom. The van der Waals surface area contributed by atoms with E-state index in [1.165, 1.54) is 0 Å². The first-order chi connectivity index (χ1) is 13.2. The molecule has 1 aliphatic heterocycles. The molecule has 1 amide bonds. The van der Waals surface area contributed by atoms with Gasteiger partial charge in [-0.15, -0.1) is 10.2 Å². The second kappa shape index (κ2) is 8.16. The van der Waals surface area contributed by atoms with E-state index in [0.29, 0.717) is 17.8 Å². The van der Waals surface area contributed by atoms with Crippen LogP contribution < -0.4 is 5.32 Å². The first kappa shape index (κ1) is 18.1. The van der Waals surface area contributed by atoms with E-state index < -0.39 is 0 Å². The van der Waals surface area contributed by atoms with Crippen molar-refractivity contribution >= 4 is 27.5 Å². The molecule has 0 atom stereocenters. The summed E-state index contributed by atoms with van der Waals surface area (Å²) < 4.78 is 8.16. The largest absolute Gasteiger partial charge is 0.379 e. The Labute approximate surface area is 165 Å². The molecule has 0 spiro atoms. The Morgan fingerprint density at radius 1 is 1.19 bits per heavy atom. The lowest BCUT2D eigenvalue weighted by Crippen LogP contribution is -2.41. The molecule has 7 nitrogen and oxygen atoms in total. The Morgan fingerprint density at radius 3 is 2.81 bits per heavy atom. The van der Waals surface area contributed by atoms with Gasteiger partial charge in [0.15, 0.2) is 11.5 Å². The Bertz CT molecular complexity index is 952. The number of hydrogen-bond acceptors (Lipinski definition) is 5. The van der Waals surface area contributed by atoms with Crippen LogP contribution >= 0.6 is 15.9 Å². The number of aromatic nitrogens is 3. The van der Waals surface area contributed by atoms with Crippen LogP contribution in [-0.2, 0) is 4.74 Å². The van der Waals surface area contributed by atoms with Crippen LogP contribution in [0.3, 0.4) is 0 Å². The molecule has 0 unspecified atom stereocenters. The number of morpholine rings is 1. The molecule has 1 aliphatic rings. The van der Waals surface area contributed by atoms with Gasteiger partial charge in [0.1, 0.15) is 0 Å². The van der Waals surface area contributed by atoms with E-state index in [-0.39, 0.29) is 5.91 Å². The number of amides is 1. The molecule has 0 bridgehead atoms. The lowest BCUT2D eigenvalue weighted by molar-refractivity contribution is 0.0383. The molecule has 3 aromatic rings. The van der Waals surface area contributed by atoms with Gasteiger partial charge in [0.2, 0.25) is 0 Å². The zero-order valence-corrected chi connectivity index (χ0v) is 16.4. The zero-order chi connectivity index (χ0) is 18.6. The van der Waals surface area contributed by atoms with Gasteiger partial charge in [-0.2, -0.15) is 0 Å². The van der Waals surface area contributed by atoms with E-state index in [1.54, 1.807) is 12.1 Å². The SMILES string of the molecule is O=C(NCCN1CCOCC1)c1ccn2c(-c3ccccc3Br)nnc2c1. The summed E-state index contributed by atoms with van der Waals surface area (Å²) in [6, 6.07) is 11.4. The number of nitrogens with one attached hydrogen (secondary N) is 1. The van der Waals surface area contributed by atoms with E-state index in [2.05, 4.69) is 36.3 Å². The topological polar surface area (TPSA) is 71.8 Å². The maximum absolute atomic E-state index is 12.4. The maximum Gasteiger partial charge on any atom is 0.251 e. The van der Waals surface area contributed by atoms with Crippen molar-refractivity contribution in [3.8, 4) is 11.4 Å². The fourth-order valence-electron chi connectivity index (χ4n) is 3.11. The van der Waals surface area contributed by atoms with E-state index in [4.69, 9.17) is 4.74 Å². The highest BCUT2D eigenvalue weighted by Gasteiger charge is 2.14. The molecule has 8 heteroatoms. The average molecular weight is 430 g/mol. The second-order valence-electron chi connectivity index (χ2n) is 6.36. The molecule has 1 N–H and O–H groups in total. The molecule has 0 saturated carbocycles. The summed E-state index contributed by atoms with van der Waals surface area (Å²) in [5.41, 5.74) is 2.17. The van der Waals surface area contributed by atoms with Crippen molar-refractivity contribution in [3.05, 3.63) is 52.6 Å². The normalized spacial score (nSPS) is 15.1. The van der Waals surface area contributed by atoms with Gasteiger partial charge in [-0.25, -0.2) is 0 Å². The van der Waals surface area contributed by atoms with E-state index in [0.717, 1.165) is 48.7 Å². The standard InChI is InChI=1S/C19H20BrN5O2/c20-16-4-2-1-3-15(16)18-23-22-17-13-14(5-7-25(17)18)19(26)21-6-8-24-9-11-27-12-10-24/h1-5,7,13H,6,8-12H2,(H,21,26). The van der Waals surface area contributed by atoms with Gasteiger partial charge in [-0.1, -0.05) is 34.1 Å². The minimum Gasteiger partial charge on any atom is -0.379 e. The van der Waals surface area contributed by atoms with E-state index in [1.807, 2.05) is 34.9 Å². The van der Waals surface area contributed by atoms with Crippen molar-refractivity contribution in [2.45, 2.75) is 0 Å². The number of benzene rings is 1. The molecular formula is C19H20BrN5O2. The van der Waals surface area contributed by atoms with Gasteiger partial charge < -0.3 is 10.1 Å². The zero-order valence-electron chi connectivity index (χ0n) is 14.8. The van der Waals surface area contributed by atoms with Gasteiger partial charge in [0, 0.05) is 48.0 Å². The summed E-state index contributed by atoms with van der Waals surface area (Å²) in [5.74, 6) is 0.632. The average Bonchev–Trinajstić information content (AvgIpc) is 3.12. The quantitative estimate of drug-likeness (QED) is 0.672. The van der Waals surface area contributed by atoms with Crippen LogP contribution in [0, 0.1) is 0 Å². The predicted molar refractivity (Wildman–Crippen MR) is 106 cm³/mol. The molecule has 0 radical (unpaired) electrons. The molecule has 1 saturated heterocycles. The number of ether oxygens (including phenoxy) is 1. The van der Waals surface area contributed by atoms with Crippen LogP contribution in [0.25, 0.3) is 17.0 Å². The monoisotopic (exact) mass is 429 g/mol. The number of nitrogens with zero attached hydrogens (tertiary/aromatic N) is 4. The van der Waals surface area contributed by atoms with Crippen molar-refractivity contribution in [1.29, 1.82) is 0 Å². The third-order valence-corrected chi connectivity index (χ3v) is 5.30. The first-order valence-corrected chi connectivity index (χ1v) is 9.70. The van der Waals surface area contributed by atoms with Crippen LogP contribution in [-0.4, -0.2) is 64.8 Å². The smallest absolute Gasteiger partial charge is 0.251 e. The van der Waals surface area contributed by atoms with Gasteiger partial charge in [-0.3, -0.25) is 14.1 Å². The first-order valence-electron chi connectivity index (χ1n) is 8.90. The minimum absolute atomic E-state index is 0.101. The highest BCUT2D eigenvalue weighted by Crippen LogP contribution is 2.26. The van der Waals surface area contributed by atoms with Crippen LogP contribution in [0.5, 0.6) is 0 Å². The van der Waals surface area contributed by atoms with E-state index >= 15 is 0 Å². The lowest BCUT2D eigenvalue weighted by Gasteiger charge is -2.26. The van der Waals surface area contributed by atoms with Gasteiger partial charge in [0.25, 0.3) is 5.91 Å². The second-order valence-corrected chi connectivity index (χ2v) is 7.21. The van der Waals surface area contributed by atoms with Crippen molar-refractivity contribution < 1.29 is 9.53 Å². The number of hydrogen-bond donors (Lipinski definition) is 1. The van der Waals surface area contributed by atoms with Gasteiger partial charge in [0.05, 0.1) is 13.2 Å². The summed E-state index contributed by atoms with van der Waals surface area (Å²) >= 11 is 3.55. The van der Waals surface area contributed by atoms with Crippen molar-refractivity contribution in [2.24, 2.45) is 0 Å². The van der Waals surface area contributed by atoms with Crippen molar-refractivity contribution in [2.75, 3.05) is 39.4 Å². The summed E-state index contributed by atoms with van der Waals surface area (Å²) in [6.45, 7) is 4.79. The van der Waals surface area contributed by atoms with Gasteiger partial charge in [-0.05, 0) is 18.2 Å². The molecule has 1 aromatic carbocycles. The third kappa shape index (κ3) is 4.02. The Kier molecular flexibility index (Phi) is 5.47. The van der Waals surface area contributed by atoms with Crippen molar-refractivity contribution in [3.63, 3.8) is 0 Å². The summed E-state index contributed by atoms with van der Waals surface area (Å²) in [4.78, 5) is 14.7. The summed E-state index contributed by atoms with van der Waals surface area (Å²) in [7, 11) is 0. The number of pyridine rings is 1. The lowest BCUT2D eigenvalue weighted by atomic mass is 10.2. The van der Waals surface area contributed by atoms with Crippen molar-refractivity contribution in [1.82, 2.24) is 24.8 Å². The molecular weight excluding hydrogens is 410 g/mol. The number of halogens is 1. The molecule has 3 heterocycles. The van der Waals surface area contributed by atoms with Crippen LogP contribution in [0.1, 0.15) is 10.4 Å². The molecule has 1 fully saturated rings. The van der Waals surface area contributed by atoms with Crippen LogP contribution in [0.15, 0.2) is 47.1 Å². The van der Waals surface area contributed by atoms with Crippen LogP contribution in [0.4, 0.5) is 0 Å². The highest BCUT2D eigenvalue weighted by molar-refractivity contribution is 9.10. The van der Waals surface area contributed by atoms with E-state index in [9.17, 15) is 4.79 Å². The fraction of sp³-hybridized carbons (Fsp3) is 0.316. The number of fused-ring (bicyclic) bond motifs is 1. The fourth-order valence-corrected chi connectivity index (χ4v) is 3.57. The number of rotatable bonds is 5. The summed E-state index contributed by atoms with van der Waals surface area (Å²) in [6.07, 6.45) is 1.83. The number of carbonyl (C=O) groups is 1. The highest BCUT2D eigenvalue weighted by atomic mass is 79.9. The van der Waals surface area contributed by atoms with Gasteiger partial charge >= 0.3 is 0 Å².